The number of pyridine rings is 1. The highest BCUT2D eigenvalue weighted by Crippen LogP contribution is 2.54. The predicted molar refractivity (Wildman–Crippen MR) is 149 cm³/mol. The number of primary amides is 1. The molecule has 0 unspecified atom stereocenters. The van der Waals surface area contributed by atoms with Crippen molar-refractivity contribution >= 4 is 28.9 Å². The van der Waals surface area contributed by atoms with Gasteiger partial charge < -0.3 is 31.1 Å². The normalized spacial score (nSPS) is 25.3. The van der Waals surface area contributed by atoms with Gasteiger partial charge in [0, 0.05) is 37.5 Å². The molecule has 0 aliphatic heterocycles. The van der Waals surface area contributed by atoms with Gasteiger partial charge in [-0.1, -0.05) is 12.0 Å². The van der Waals surface area contributed by atoms with Crippen LogP contribution in [-0.4, -0.2) is 87.6 Å². The van der Waals surface area contributed by atoms with Crippen molar-refractivity contribution < 1.29 is 34.8 Å². The maximum absolute atomic E-state index is 14.0. The maximum Gasteiger partial charge on any atom is 0.255 e. The second kappa shape index (κ2) is 9.76. The van der Waals surface area contributed by atoms with Crippen LogP contribution in [0.3, 0.4) is 0 Å². The number of nitrogens with two attached hydrogens (primary N) is 1. The lowest BCUT2D eigenvalue weighted by atomic mass is 9.57. The lowest BCUT2D eigenvalue weighted by molar-refractivity contribution is -0.153. The van der Waals surface area contributed by atoms with E-state index in [4.69, 9.17) is 5.73 Å². The van der Waals surface area contributed by atoms with Gasteiger partial charge in [0.1, 0.15) is 28.5 Å². The van der Waals surface area contributed by atoms with Crippen LogP contribution in [0, 0.1) is 23.7 Å². The molecule has 0 saturated heterocycles. The van der Waals surface area contributed by atoms with Gasteiger partial charge in [0.25, 0.3) is 5.91 Å². The van der Waals surface area contributed by atoms with Gasteiger partial charge in [0.05, 0.1) is 17.2 Å². The van der Waals surface area contributed by atoms with Crippen molar-refractivity contribution in [1.29, 1.82) is 0 Å². The average Bonchev–Trinajstić information content (AvgIpc) is 2.90. The number of phenols is 1. The number of benzene rings is 1. The summed E-state index contributed by atoms with van der Waals surface area (Å²) in [5, 5.41) is 45.6. The first-order valence-corrected chi connectivity index (χ1v) is 12.9. The third kappa shape index (κ3) is 4.06. The Hall–Kier alpha value is -4.66. The number of rotatable bonds is 3. The van der Waals surface area contributed by atoms with Gasteiger partial charge in [-0.15, -0.1) is 0 Å². The minimum Gasteiger partial charge on any atom is -0.508 e. The standard InChI is InChI=1S/C30H30N4O7/c1-33(2)19-13-14(8-9-16-7-5-6-10-32-16)24(35)21-17(19)11-15-12-18-23(34(3)4)26(37)22(29(31)40)28(39)30(18,41)27(38)20(15)25(21)36/h5-7,10,13,15,18,23,35-36,39,41H,11-12H2,1-4H3,(H2,31,40)/t15-,18+,23-,30+/m1/s1. The highest BCUT2D eigenvalue weighted by molar-refractivity contribution is 6.24. The van der Waals surface area contributed by atoms with Gasteiger partial charge in [-0.05, 0) is 62.5 Å². The Morgan fingerprint density at radius 1 is 1.12 bits per heavy atom. The van der Waals surface area contributed by atoms with Gasteiger partial charge >= 0.3 is 0 Å². The van der Waals surface area contributed by atoms with Crippen LogP contribution >= 0.6 is 0 Å². The highest BCUT2D eigenvalue weighted by Gasteiger charge is 2.64. The van der Waals surface area contributed by atoms with Crippen LogP contribution < -0.4 is 10.6 Å². The predicted octanol–water partition coefficient (Wildman–Crippen LogP) is 0.825. The topological polar surface area (TPSA) is 178 Å². The Morgan fingerprint density at radius 3 is 2.41 bits per heavy atom. The zero-order valence-electron chi connectivity index (χ0n) is 23.0. The molecule has 3 aliphatic carbocycles. The fourth-order valence-electron chi connectivity index (χ4n) is 6.35. The molecule has 41 heavy (non-hydrogen) atoms. The summed E-state index contributed by atoms with van der Waals surface area (Å²) >= 11 is 0. The van der Waals surface area contributed by atoms with Gasteiger partial charge in [-0.3, -0.25) is 19.3 Å². The number of ketones is 2. The number of fused-ring (bicyclic) bond motifs is 3. The van der Waals surface area contributed by atoms with E-state index in [2.05, 4.69) is 16.8 Å². The second-order valence-electron chi connectivity index (χ2n) is 11.0. The quantitative estimate of drug-likeness (QED) is 0.268. The summed E-state index contributed by atoms with van der Waals surface area (Å²) in [7, 11) is 6.70. The number of hydrogen-bond donors (Lipinski definition) is 5. The van der Waals surface area contributed by atoms with E-state index in [0.717, 1.165) is 0 Å². The molecule has 212 valence electrons. The highest BCUT2D eigenvalue weighted by atomic mass is 16.3. The number of aliphatic hydroxyl groups is 3. The molecular weight excluding hydrogens is 528 g/mol. The SMILES string of the molecule is CN(C)c1cc(C#Cc2ccccn2)c(O)c2c1C[C@@H]1C[C@H]3[C@@H](N(C)C)C(=O)C(C(N)=O)=C(O)[C@@]3(O)C(=O)C1=C2O. The summed E-state index contributed by atoms with van der Waals surface area (Å²) in [4.78, 5) is 46.8. The lowest BCUT2D eigenvalue weighted by Gasteiger charge is -2.50. The first-order valence-electron chi connectivity index (χ1n) is 12.9. The van der Waals surface area contributed by atoms with Crippen LogP contribution in [0.1, 0.15) is 28.8 Å². The van der Waals surface area contributed by atoms with E-state index in [1.165, 1.54) is 4.90 Å². The lowest BCUT2D eigenvalue weighted by Crippen LogP contribution is -2.65. The molecule has 0 radical (unpaired) electrons. The Bertz CT molecular complexity index is 1630. The van der Waals surface area contributed by atoms with Crippen molar-refractivity contribution in [2.24, 2.45) is 17.6 Å². The van der Waals surface area contributed by atoms with Crippen LogP contribution in [0.2, 0.25) is 0 Å². The average molecular weight is 559 g/mol. The van der Waals surface area contributed by atoms with Crippen molar-refractivity contribution in [3.05, 3.63) is 69.8 Å². The number of aromatic hydroxyl groups is 1. The van der Waals surface area contributed by atoms with Gasteiger partial charge in [0.2, 0.25) is 5.78 Å². The molecule has 1 saturated carbocycles. The third-order valence-corrected chi connectivity index (χ3v) is 8.17. The molecule has 6 N–H and O–H groups in total. The van der Waals surface area contributed by atoms with E-state index in [0.29, 0.717) is 16.9 Å². The molecule has 1 fully saturated rings. The largest absolute Gasteiger partial charge is 0.508 e. The van der Waals surface area contributed by atoms with Crippen LogP contribution in [0.5, 0.6) is 5.75 Å². The molecule has 1 amide bonds. The Morgan fingerprint density at radius 2 is 1.83 bits per heavy atom. The molecule has 1 aromatic heterocycles. The number of amides is 1. The number of phenolic OH excluding ortho intramolecular Hbond substituents is 1. The number of anilines is 1. The van der Waals surface area contributed by atoms with E-state index in [1.807, 2.05) is 0 Å². The monoisotopic (exact) mass is 558 g/mol. The number of aliphatic hydroxyl groups excluding tert-OH is 2. The summed E-state index contributed by atoms with van der Waals surface area (Å²) < 4.78 is 0. The van der Waals surface area contributed by atoms with Crippen molar-refractivity contribution in [3.8, 4) is 17.6 Å². The van der Waals surface area contributed by atoms with Crippen LogP contribution in [0.4, 0.5) is 5.69 Å². The smallest absolute Gasteiger partial charge is 0.255 e. The fraction of sp³-hybridized carbons (Fsp3) is 0.333. The Kier molecular flexibility index (Phi) is 6.64. The number of likely N-dealkylation sites (N-methyl/N-ethyl adjacent to an activating group) is 1. The number of carbonyl (C=O) groups is 3. The number of hydrogen-bond acceptors (Lipinski definition) is 10. The van der Waals surface area contributed by atoms with Crippen molar-refractivity contribution in [3.63, 3.8) is 0 Å². The van der Waals surface area contributed by atoms with E-state index in [-0.39, 0.29) is 35.3 Å². The van der Waals surface area contributed by atoms with E-state index >= 15 is 0 Å². The van der Waals surface area contributed by atoms with Gasteiger partial charge in [-0.25, -0.2) is 4.98 Å². The van der Waals surface area contributed by atoms with Crippen LogP contribution in [0.15, 0.2) is 47.4 Å². The minimum atomic E-state index is -2.69. The molecule has 4 atom stereocenters. The maximum atomic E-state index is 14.0. The molecule has 0 spiro atoms. The van der Waals surface area contributed by atoms with E-state index in [1.54, 1.807) is 63.6 Å². The van der Waals surface area contributed by atoms with Gasteiger partial charge in [0.15, 0.2) is 11.4 Å². The zero-order valence-corrected chi connectivity index (χ0v) is 23.0. The molecule has 3 aliphatic rings. The Balaban J connectivity index is 1.73. The summed E-state index contributed by atoms with van der Waals surface area (Å²) in [6, 6.07) is 5.76. The Labute approximate surface area is 236 Å². The summed E-state index contributed by atoms with van der Waals surface area (Å²) in [5.41, 5.74) is 3.44. The zero-order chi connectivity index (χ0) is 30.0. The second-order valence-corrected chi connectivity index (χ2v) is 11.0. The summed E-state index contributed by atoms with van der Waals surface area (Å²) in [5.74, 6) is -1.23. The number of aromatic nitrogens is 1. The van der Waals surface area contributed by atoms with Crippen LogP contribution in [0.25, 0.3) is 5.76 Å². The number of carbonyl (C=O) groups excluding carboxylic acids is 3. The molecule has 11 heteroatoms. The van der Waals surface area contributed by atoms with Crippen LogP contribution in [-0.2, 0) is 20.8 Å². The summed E-state index contributed by atoms with van der Waals surface area (Å²) in [6.07, 6.45) is 1.78. The van der Waals surface area contributed by atoms with E-state index in [9.17, 15) is 34.8 Å². The van der Waals surface area contributed by atoms with Gasteiger partial charge in [-0.2, -0.15) is 0 Å². The molecule has 1 aromatic carbocycles. The molecular formula is C30H30N4O7. The summed E-state index contributed by atoms with van der Waals surface area (Å²) in [6.45, 7) is 0. The first-order chi connectivity index (χ1) is 19.3. The number of Topliss-reactive ketones (excluding diaryl/α,β-unsaturated/α-hetero) is 2. The molecule has 2 aromatic rings. The molecule has 1 heterocycles. The number of nitrogens with zero attached hydrogens (tertiary/aromatic N) is 3. The van der Waals surface area contributed by atoms with E-state index < -0.39 is 58.0 Å². The first kappa shape index (κ1) is 27.9. The minimum absolute atomic E-state index is 0.0145. The third-order valence-electron chi connectivity index (χ3n) is 8.17. The molecule has 11 nitrogen and oxygen atoms in total. The van der Waals surface area contributed by atoms with Crippen molar-refractivity contribution in [2.45, 2.75) is 24.5 Å². The fourth-order valence-corrected chi connectivity index (χ4v) is 6.35. The molecule has 5 rings (SSSR count). The van der Waals surface area contributed by atoms with Crippen molar-refractivity contribution in [1.82, 2.24) is 9.88 Å². The molecule has 0 bridgehead atoms. The van der Waals surface area contributed by atoms with Crippen molar-refractivity contribution in [2.75, 3.05) is 33.1 Å².